The van der Waals surface area contributed by atoms with E-state index in [0.29, 0.717) is 12.1 Å². The van der Waals surface area contributed by atoms with E-state index < -0.39 is 0 Å². The summed E-state index contributed by atoms with van der Waals surface area (Å²) in [4.78, 5) is 6.90. The lowest BCUT2D eigenvalue weighted by Gasteiger charge is -2.26. The largest absolute Gasteiger partial charge is 0.357 e. The monoisotopic (exact) mass is 247 g/mol. The fraction of sp³-hybridized carbons (Fsp3) is 0.667. The van der Waals surface area contributed by atoms with E-state index in [-0.39, 0.29) is 0 Å². The first-order valence-corrected chi connectivity index (χ1v) is 7.05. The Morgan fingerprint density at radius 2 is 2.11 bits per heavy atom. The van der Waals surface area contributed by atoms with Crippen molar-refractivity contribution >= 4 is 5.82 Å². The molecule has 2 unspecified atom stereocenters. The van der Waals surface area contributed by atoms with E-state index in [4.69, 9.17) is 0 Å². The van der Waals surface area contributed by atoms with Gasteiger partial charge < -0.3 is 10.2 Å². The molecule has 3 nitrogen and oxygen atoms in total. The Bertz CT molecular complexity index is 370. The zero-order chi connectivity index (χ0) is 13.1. The van der Waals surface area contributed by atoms with Gasteiger partial charge in [0, 0.05) is 25.3 Å². The first-order chi connectivity index (χ1) is 8.63. The molecule has 0 bridgehead atoms. The topological polar surface area (TPSA) is 28.2 Å². The van der Waals surface area contributed by atoms with Crippen molar-refractivity contribution in [1.82, 2.24) is 10.3 Å². The third kappa shape index (κ3) is 3.02. The molecule has 18 heavy (non-hydrogen) atoms. The third-order valence-electron chi connectivity index (χ3n) is 4.06. The number of rotatable bonds is 6. The minimum Gasteiger partial charge on any atom is -0.357 e. The molecule has 0 amide bonds. The lowest BCUT2D eigenvalue weighted by atomic mass is 10.1. The van der Waals surface area contributed by atoms with E-state index >= 15 is 0 Å². The molecule has 0 radical (unpaired) electrons. The number of aromatic nitrogens is 1. The van der Waals surface area contributed by atoms with E-state index in [9.17, 15) is 0 Å². The maximum Gasteiger partial charge on any atom is 0.128 e. The first kappa shape index (κ1) is 13.3. The Labute approximate surface area is 111 Å². The van der Waals surface area contributed by atoms with E-state index in [1.165, 1.54) is 18.4 Å². The molecule has 1 fully saturated rings. The average Bonchev–Trinajstić information content (AvgIpc) is 3.22. The summed E-state index contributed by atoms with van der Waals surface area (Å²) in [6, 6.07) is 5.31. The van der Waals surface area contributed by atoms with Gasteiger partial charge in [-0.15, -0.1) is 0 Å². The van der Waals surface area contributed by atoms with Gasteiger partial charge in [-0.2, -0.15) is 0 Å². The van der Waals surface area contributed by atoms with E-state index in [1.807, 2.05) is 6.20 Å². The normalized spacial score (nSPS) is 18.4. The predicted molar refractivity (Wildman–Crippen MR) is 76.9 cm³/mol. The number of hydrogen-bond donors (Lipinski definition) is 1. The molecule has 0 saturated heterocycles. The lowest BCUT2D eigenvalue weighted by Crippen LogP contribution is -2.31. The second-order valence-corrected chi connectivity index (χ2v) is 5.42. The van der Waals surface area contributed by atoms with Crippen LogP contribution in [0.5, 0.6) is 0 Å². The summed E-state index contributed by atoms with van der Waals surface area (Å²) in [7, 11) is 2.15. The molecule has 1 aliphatic rings. The van der Waals surface area contributed by atoms with Gasteiger partial charge >= 0.3 is 0 Å². The van der Waals surface area contributed by atoms with Crippen molar-refractivity contribution in [3.8, 4) is 0 Å². The molecule has 0 spiro atoms. The third-order valence-corrected chi connectivity index (χ3v) is 4.06. The van der Waals surface area contributed by atoms with Crippen molar-refractivity contribution in [3.05, 3.63) is 23.9 Å². The quantitative estimate of drug-likeness (QED) is 0.837. The van der Waals surface area contributed by atoms with Crippen LogP contribution in [0.15, 0.2) is 18.3 Å². The Kier molecular flexibility index (Phi) is 4.23. The molecule has 1 aliphatic carbocycles. The van der Waals surface area contributed by atoms with Crippen molar-refractivity contribution in [3.63, 3.8) is 0 Å². The summed E-state index contributed by atoms with van der Waals surface area (Å²) in [6.07, 6.45) is 4.75. The van der Waals surface area contributed by atoms with E-state index in [1.54, 1.807) is 0 Å². The number of nitrogens with zero attached hydrogens (tertiary/aromatic N) is 2. The molecule has 100 valence electrons. The van der Waals surface area contributed by atoms with Gasteiger partial charge in [0.1, 0.15) is 5.82 Å². The highest BCUT2D eigenvalue weighted by Crippen LogP contribution is 2.35. The lowest BCUT2D eigenvalue weighted by molar-refractivity contribution is 0.591. The highest BCUT2D eigenvalue weighted by molar-refractivity contribution is 5.40. The molecule has 0 aromatic carbocycles. The predicted octanol–water partition coefficient (Wildman–Crippen LogP) is 2.99. The molecule has 0 aliphatic heterocycles. The second kappa shape index (κ2) is 5.70. The molecule has 1 aromatic heterocycles. The minimum atomic E-state index is 0.378. The van der Waals surface area contributed by atoms with Crippen molar-refractivity contribution in [2.24, 2.45) is 5.92 Å². The van der Waals surface area contributed by atoms with E-state index in [0.717, 1.165) is 18.3 Å². The number of anilines is 1. The van der Waals surface area contributed by atoms with Crippen LogP contribution in [-0.2, 0) is 0 Å². The summed E-state index contributed by atoms with van der Waals surface area (Å²) in [5.74, 6) is 1.96. The Hall–Kier alpha value is -1.09. The fourth-order valence-electron chi connectivity index (χ4n) is 2.39. The van der Waals surface area contributed by atoms with Gasteiger partial charge in [-0.3, -0.25) is 0 Å². The van der Waals surface area contributed by atoms with Crippen LogP contribution in [0, 0.1) is 5.92 Å². The molecule has 1 saturated carbocycles. The summed E-state index contributed by atoms with van der Waals surface area (Å²) in [6.45, 7) is 7.59. The van der Waals surface area contributed by atoms with Crippen molar-refractivity contribution in [1.29, 1.82) is 0 Å². The maximum atomic E-state index is 4.60. The van der Waals surface area contributed by atoms with Gasteiger partial charge in [0.15, 0.2) is 0 Å². The number of nitrogens with one attached hydrogen (secondary N) is 1. The number of hydrogen-bond acceptors (Lipinski definition) is 3. The molecule has 3 heteroatoms. The molecule has 1 N–H and O–H groups in total. The van der Waals surface area contributed by atoms with Crippen molar-refractivity contribution in [2.45, 2.75) is 45.7 Å². The average molecular weight is 247 g/mol. The van der Waals surface area contributed by atoms with Crippen LogP contribution in [0.3, 0.4) is 0 Å². The van der Waals surface area contributed by atoms with Gasteiger partial charge in [0.25, 0.3) is 0 Å². The zero-order valence-corrected chi connectivity index (χ0v) is 12.0. The van der Waals surface area contributed by atoms with Crippen LogP contribution in [0.1, 0.15) is 45.2 Å². The van der Waals surface area contributed by atoms with Gasteiger partial charge in [-0.25, -0.2) is 4.98 Å². The van der Waals surface area contributed by atoms with Crippen LogP contribution >= 0.6 is 0 Å². The van der Waals surface area contributed by atoms with Crippen LogP contribution in [0.4, 0.5) is 5.82 Å². The zero-order valence-electron chi connectivity index (χ0n) is 12.0. The van der Waals surface area contributed by atoms with E-state index in [2.05, 4.69) is 55.2 Å². The molecular formula is C15H25N3. The summed E-state index contributed by atoms with van der Waals surface area (Å²) in [5.41, 5.74) is 1.26. The summed E-state index contributed by atoms with van der Waals surface area (Å²) >= 11 is 0. The van der Waals surface area contributed by atoms with Gasteiger partial charge in [0.2, 0.25) is 0 Å². The SMILES string of the molecule is CCNC(C)c1ccc(N(C)C(C)C2CC2)nc1. The minimum absolute atomic E-state index is 0.378. The van der Waals surface area contributed by atoms with Gasteiger partial charge in [-0.1, -0.05) is 13.0 Å². The van der Waals surface area contributed by atoms with Crippen LogP contribution < -0.4 is 10.2 Å². The molecule has 1 aromatic rings. The Morgan fingerprint density at radius 1 is 1.39 bits per heavy atom. The van der Waals surface area contributed by atoms with Crippen molar-refractivity contribution < 1.29 is 0 Å². The van der Waals surface area contributed by atoms with Crippen molar-refractivity contribution in [2.75, 3.05) is 18.5 Å². The Balaban J connectivity index is 2.02. The summed E-state index contributed by atoms with van der Waals surface area (Å²) in [5, 5.41) is 3.41. The summed E-state index contributed by atoms with van der Waals surface area (Å²) < 4.78 is 0. The highest BCUT2D eigenvalue weighted by atomic mass is 15.2. The molecular weight excluding hydrogens is 222 g/mol. The van der Waals surface area contributed by atoms with Crippen LogP contribution in [0.2, 0.25) is 0 Å². The van der Waals surface area contributed by atoms with Gasteiger partial charge in [-0.05, 0) is 50.8 Å². The molecule has 2 atom stereocenters. The van der Waals surface area contributed by atoms with Crippen LogP contribution in [-0.4, -0.2) is 24.6 Å². The Morgan fingerprint density at radius 3 is 2.61 bits per heavy atom. The molecule has 2 rings (SSSR count). The smallest absolute Gasteiger partial charge is 0.128 e. The second-order valence-electron chi connectivity index (χ2n) is 5.42. The first-order valence-electron chi connectivity index (χ1n) is 7.05. The molecule has 1 heterocycles. The standard InChI is InChI=1S/C15H25N3/c1-5-16-11(2)14-8-9-15(17-10-14)18(4)12(3)13-6-7-13/h8-13,16H,5-7H2,1-4H3. The van der Waals surface area contributed by atoms with Crippen LogP contribution in [0.25, 0.3) is 0 Å². The number of pyridine rings is 1. The van der Waals surface area contributed by atoms with Gasteiger partial charge in [0.05, 0.1) is 0 Å². The highest BCUT2D eigenvalue weighted by Gasteiger charge is 2.30. The maximum absolute atomic E-state index is 4.60. The fourth-order valence-corrected chi connectivity index (χ4v) is 2.39.